The number of rotatable bonds is 7. The maximum Gasteiger partial charge on any atom is 0.0833 e. The zero-order valence-corrected chi connectivity index (χ0v) is 12.3. The van der Waals surface area contributed by atoms with Gasteiger partial charge in [0.25, 0.3) is 0 Å². The molecule has 3 atom stereocenters. The first-order valence-electron chi connectivity index (χ1n) is 6.71. The molecule has 4 heteroatoms. The predicted octanol–water partition coefficient (Wildman–Crippen LogP) is 1.61. The van der Waals surface area contributed by atoms with Crippen LogP contribution in [-0.2, 0) is 0 Å². The van der Waals surface area contributed by atoms with E-state index < -0.39 is 5.60 Å². The average molecular weight is 260 g/mol. The minimum Gasteiger partial charge on any atom is -0.388 e. The van der Waals surface area contributed by atoms with Crippen LogP contribution in [0.25, 0.3) is 0 Å². The van der Waals surface area contributed by atoms with Crippen LogP contribution < -0.4 is 10.6 Å². The van der Waals surface area contributed by atoms with Crippen molar-refractivity contribution < 1.29 is 5.11 Å². The molecule has 3 nitrogen and oxygen atoms in total. The van der Waals surface area contributed by atoms with Crippen LogP contribution in [0.15, 0.2) is 0 Å². The molecule has 1 saturated heterocycles. The molecule has 0 aromatic carbocycles. The zero-order chi connectivity index (χ0) is 12.7. The fraction of sp³-hybridized carbons (Fsp3) is 1.00. The Morgan fingerprint density at radius 3 is 2.88 bits per heavy atom. The lowest BCUT2D eigenvalue weighted by atomic mass is 9.98. The van der Waals surface area contributed by atoms with Crippen molar-refractivity contribution >= 4 is 11.8 Å². The summed E-state index contributed by atoms with van der Waals surface area (Å²) in [6, 6.07) is 1.13. The van der Waals surface area contributed by atoms with Gasteiger partial charge < -0.3 is 15.7 Å². The van der Waals surface area contributed by atoms with Gasteiger partial charge in [-0.25, -0.2) is 0 Å². The molecule has 0 aromatic heterocycles. The molecule has 1 rings (SSSR count). The lowest BCUT2D eigenvalue weighted by Crippen LogP contribution is -2.46. The van der Waals surface area contributed by atoms with Crippen LogP contribution in [0.1, 0.15) is 39.5 Å². The molecule has 0 saturated carbocycles. The van der Waals surface area contributed by atoms with Crippen molar-refractivity contribution in [2.45, 2.75) is 57.2 Å². The molecule has 1 fully saturated rings. The lowest BCUT2D eigenvalue weighted by molar-refractivity contribution is 0.0810. The molecule has 3 N–H and O–H groups in total. The van der Waals surface area contributed by atoms with E-state index in [0.717, 1.165) is 12.2 Å². The molecule has 1 aliphatic rings. The third-order valence-corrected chi connectivity index (χ3v) is 4.25. The van der Waals surface area contributed by atoms with Crippen LogP contribution in [0.3, 0.4) is 0 Å². The normalized spacial score (nSPS) is 26.5. The second-order valence-corrected chi connectivity index (χ2v) is 6.46. The van der Waals surface area contributed by atoms with E-state index >= 15 is 0 Å². The standard InChI is InChI=1S/C13H28N2OS/c1-11(8-12-6-4-5-7-14-12)15-9-13(2,16)10-17-3/h11-12,14-16H,4-10H2,1-3H3. The Balaban J connectivity index is 2.17. The number of hydrogen-bond donors (Lipinski definition) is 3. The van der Waals surface area contributed by atoms with Crippen molar-refractivity contribution in [3.05, 3.63) is 0 Å². The van der Waals surface area contributed by atoms with Gasteiger partial charge >= 0.3 is 0 Å². The summed E-state index contributed by atoms with van der Waals surface area (Å²) < 4.78 is 0. The van der Waals surface area contributed by atoms with Crippen molar-refractivity contribution in [2.24, 2.45) is 0 Å². The average Bonchev–Trinajstić information content (AvgIpc) is 2.28. The van der Waals surface area contributed by atoms with E-state index in [1.807, 2.05) is 13.2 Å². The minimum atomic E-state index is -0.590. The van der Waals surface area contributed by atoms with E-state index in [1.165, 1.54) is 25.8 Å². The largest absolute Gasteiger partial charge is 0.388 e. The molecule has 102 valence electrons. The molecular weight excluding hydrogens is 232 g/mol. The van der Waals surface area contributed by atoms with Crippen LogP contribution in [0.2, 0.25) is 0 Å². The summed E-state index contributed by atoms with van der Waals surface area (Å²) in [4.78, 5) is 0. The van der Waals surface area contributed by atoms with Gasteiger partial charge in [0.1, 0.15) is 0 Å². The Bertz CT molecular complexity index is 206. The number of thioether (sulfide) groups is 1. The molecule has 0 amide bonds. The van der Waals surface area contributed by atoms with Crippen LogP contribution >= 0.6 is 11.8 Å². The Kier molecular flexibility index (Phi) is 6.85. The number of hydrogen-bond acceptors (Lipinski definition) is 4. The molecule has 0 bridgehead atoms. The summed E-state index contributed by atoms with van der Waals surface area (Å²) in [5.74, 6) is 0.786. The summed E-state index contributed by atoms with van der Waals surface area (Å²) >= 11 is 1.69. The fourth-order valence-corrected chi connectivity index (χ4v) is 3.12. The molecule has 0 radical (unpaired) electrons. The van der Waals surface area contributed by atoms with Gasteiger partial charge in [0, 0.05) is 24.4 Å². The van der Waals surface area contributed by atoms with Crippen LogP contribution in [0.5, 0.6) is 0 Å². The highest BCUT2D eigenvalue weighted by atomic mass is 32.2. The van der Waals surface area contributed by atoms with Crippen LogP contribution in [-0.4, -0.2) is 47.9 Å². The summed E-state index contributed by atoms with van der Waals surface area (Å²) in [6.07, 6.45) is 7.17. The lowest BCUT2D eigenvalue weighted by Gasteiger charge is -2.29. The van der Waals surface area contributed by atoms with Gasteiger partial charge in [0.2, 0.25) is 0 Å². The second-order valence-electron chi connectivity index (χ2n) is 5.59. The summed E-state index contributed by atoms with van der Waals surface area (Å²) in [7, 11) is 0. The third-order valence-electron chi connectivity index (χ3n) is 3.34. The molecule has 1 heterocycles. The van der Waals surface area contributed by atoms with Gasteiger partial charge in [-0.3, -0.25) is 0 Å². The minimum absolute atomic E-state index is 0.471. The van der Waals surface area contributed by atoms with Crippen molar-refractivity contribution in [3.63, 3.8) is 0 Å². The third kappa shape index (κ3) is 6.65. The quantitative estimate of drug-likeness (QED) is 0.651. The van der Waals surface area contributed by atoms with E-state index in [4.69, 9.17) is 0 Å². The van der Waals surface area contributed by atoms with Crippen molar-refractivity contribution in [2.75, 3.05) is 25.1 Å². The summed E-state index contributed by atoms with van der Waals surface area (Å²) in [6.45, 7) is 5.97. The maximum atomic E-state index is 10.1. The Labute approximate surface area is 110 Å². The summed E-state index contributed by atoms with van der Waals surface area (Å²) in [5, 5.41) is 17.1. The number of aliphatic hydroxyl groups is 1. The SMILES string of the molecule is CSCC(C)(O)CNC(C)CC1CCCCN1. The predicted molar refractivity (Wildman–Crippen MR) is 76.7 cm³/mol. The Morgan fingerprint density at radius 1 is 1.53 bits per heavy atom. The summed E-state index contributed by atoms with van der Waals surface area (Å²) in [5.41, 5.74) is -0.590. The van der Waals surface area contributed by atoms with Gasteiger partial charge in [-0.1, -0.05) is 6.42 Å². The molecule has 0 aliphatic carbocycles. The number of nitrogens with one attached hydrogen (secondary N) is 2. The topological polar surface area (TPSA) is 44.3 Å². The van der Waals surface area contributed by atoms with Crippen LogP contribution in [0.4, 0.5) is 0 Å². The van der Waals surface area contributed by atoms with Gasteiger partial charge in [-0.2, -0.15) is 11.8 Å². The van der Waals surface area contributed by atoms with Gasteiger partial charge in [-0.05, 0) is 45.9 Å². The highest BCUT2D eigenvalue weighted by Gasteiger charge is 2.21. The van der Waals surface area contributed by atoms with E-state index in [2.05, 4.69) is 17.6 Å². The first-order valence-corrected chi connectivity index (χ1v) is 8.11. The van der Waals surface area contributed by atoms with E-state index in [-0.39, 0.29) is 0 Å². The number of piperidine rings is 1. The highest BCUT2D eigenvalue weighted by molar-refractivity contribution is 7.98. The molecule has 3 unspecified atom stereocenters. The van der Waals surface area contributed by atoms with Gasteiger partial charge in [-0.15, -0.1) is 0 Å². The first kappa shape index (κ1) is 15.3. The smallest absolute Gasteiger partial charge is 0.0833 e. The van der Waals surface area contributed by atoms with Gasteiger partial charge in [0.05, 0.1) is 5.60 Å². The van der Waals surface area contributed by atoms with E-state index in [0.29, 0.717) is 18.6 Å². The van der Waals surface area contributed by atoms with Crippen molar-refractivity contribution in [3.8, 4) is 0 Å². The molecule has 17 heavy (non-hydrogen) atoms. The fourth-order valence-electron chi connectivity index (χ4n) is 2.39. The maximum absolute atomic E-state index is 10.1. The first-order chi connectivity index (χ1) is 8.03. The zero-order valence-electron chi connectivity index (χ0n) is 11.5. The van der Waals surface area contributed by atoms with Crippen molar-refractivity contribution in [1.82, 2.24) is 10.6 Å². The van der Waals surface area contributed by atoms with E-state index in [1.54, 1.807) is 11.8 Å². The molecule has 0 spiro atoms. The molecular formula is C13H28N2OS. The Hall–Kier alpha value is 0.230. The Morgan fingerprint density at radius 2 is 2.29 bits per heavy atom. The van der Waals surface area contributed by atoms with Gasteiger partial charge in [0.15, 0.2) is 0 Å². The van der Waals surface area contributed by atoms with E-state index in [9.17, 15) is 5.11 Å². The molecule has 1 aliphatic heterocycles. The van der Waals surface area contributed by atoms with Crippen LogP contribution in [0, 0.1) is 0 Å². The molecule has 0 aromatic rings. The monoisotopic (exact) mass is 260 g/mol. The van der Waals surface area contributed by atoms with Crippen molar-refractivity contribution in [1.29, 1.82) is 0 Å². The highest BCUT2D eigenvalue weighted by Crippen LogP contribution is 2.13. The second kappa shape index (κ2) is 7.62.